The van der Waals surface area contributed by atoms with Crippen LogP contribution in [0.4, 0.5) is 4.79 Å². The maximum atomic E-state index is 11.0. The monoisotopic (exact) mass is 558 g/mol. The number of benzene rings is 2. The van der Waals surface area contributed by atoms with E-state index >= 15 is 0 Å². The molecule has 0 spiro atoms. The van der Waals surface area contributed by atoms with E-state index < -0.39 is 0 Å². The molecule has 1 aromatic heterocycles. The number of nitrogens with zero attached hydrogens (tertiary/aromatic N) is 1. The molecule has 0 bridgehead atoms. The largest absolute Gasteiger partial charge is 0.450 e. The van der Waals surface area contributed by atoms with Crippen molar-refractivity contribution in [2.75, 3.05) is 19.8 Å². The molecule has 0 aliphatic heterocycles. The summed E-state index contributed by atoms with van der Waals surface area (Å²) in [4.78, 5) is 11.0. The van der Waals surface area contributed by atoms with E-state index in [0.29, 0.717) is 13.2 Å². The molecule has 0 radical (unpaired) electrons. The van der Waals surface area contributed by atoms with E-state index in [-0.39, 0.29) is 12.7 Å². The topological polar surface area (TPSA) is 63.5 Å². The van der Waals surface area contributed by atoms with Gasteiger partial charge in [-0.1, -0.05) is 113 Å². The summed E-state index contributed by atoms with van der Waals surface area (Å²) in [5, 5.41) is 14.0. The normalized spacial score (nSPS) is 10.2. The first-order valence-corrected chi connectivity index (χ1v) is 15.7. The smallest absolute Gasteiger partial charge is 0.407 e. The molecule has 41 heavy (non-hydrogen) atoms. The average Bonchev–Trinajstić information content (AvgIpc) is 3.31. The Morgan fingerprint density at radius 1 is 0.756 bits per heavy atom. The SMILES string of the molecule is CCCCCCCCCCCCNC(=O)OCC.OCCCCC#CC#CCn1c2ccccc2c2ccccc21. The first-order valence-electron chi connectivity index (χ1n) is 15.7. The van der Waals surface area contributed by atoms with Crippen LogP contribution in [0.1, 0.15) is 97.3 Å². The molecule has 3 rings (SSSR count). The molecule has 3 aromatic rings. The van der Waals surface area contributed by atoms with Crippen LogP contribution in [-0.4, -0.2) is 35.5 Å². The highest BCUT2D eigenvalue weighted by molar-refractivity contribution is 6.08. The van der Waals surface area contributed by atoms with Gasteiger partial charge in [-0.15, -0.1) is 0 Å². The average molecular weight is 559 g/mol. The van der Waals surface area contributed by atoms with Gasteiger partial charge in [0.1, 0.15) is 0 Å². The van der Waals surface area contributed by atoms with Gasteiger partial charge in [-0.25, -0.2) is 4.79 Å². The number of carbonyl (C=O) groups excluding carboxylic acids is 1. The highest BCUT2D eigenvalue weighted by atomic mass is 16.5. The molecule has 2 aromatic carbocycles. The van der Waals surface area contributed by atoms with Crippen LogP contribution < -0.4 is 5.32 Å². The molecule has 5 nitrogen and oxygen atoms in total. The van der Waals surface area contributed by atoms with Gasteiger partial charge in [0.05, 0.1) is 13.2 Å². The van der Waals surface area contributed by atoms with E-state index in [9.17, 15) is 4.79 Å². The second kappa shape index (κ2) is 22.3. The van der Waals surface area contributed by atoms with Crippen molar-refractivity contribution in [2.45, 2.75) is 104 Å². The Bertz CT molecular complexity index is 1200. The number of para-hydroxylation sites is 2. The molecule has 0 aliphatic carbocycles. The van der Waals surface area contributed by atoms with Gasteiger partial charge in [-0.05, 0) is 50.2 Å². The fraction of sp³-hybridized carbons (Fsp3) is 0.528. The summed E-state index contributed by atoms with van der Waals surface area (Å²) in [5.74, 6) is 12.0. The number of aliphatic hydroxyl groups is 1. The third-order valence-electron chi connectivity index (χ3n) is 6.94. The molecular formula is C36H50N2O3. The Morgan fingerprint density at radius 3 is 1.90 bits per heavy atom. The summed E-state index contributed by atoms with van der Waals surface area (Å²) in [5.41, 5.74) is 2.41. The van der Waals surface area contributed by atoms with Gasteiger partial charge < -0.3 is 19.7 Å². The summed E-state index contributed by atoms with van der Waals surface area (Å²) < 4.78 is 7.02. The van der Waals surface area contributed by atoms with Crippen LogP contribution in [0.15, 0.2) is 48.5 Å². The lowest BCUT2D eigenvalue weighted by atomic mass is 10.1. The number of carbonyl (C=O) groups is 1. The second-order valence-electron chi connectivity index (χ2n) is 10.2. The fourth-order valence-electron chi connectivity index (χ4n) is 4.75. The third kappa shape index (κ3) is 13.7. The molecule has 222 valence electrons. The van der Waals surface area contributed by atoms with Gasteiger partial charge in [-0.2, -0.15) is 0 Å². The van der Waals surface area contributed by atoms with Gasteiger partial charge in [0.15, 0.2) is 0 Å². The van der Waals surface area contributed by atoms with E-state index in [1.165, 1.54) is 79.6 Å². The molecule has 1 amide bonds. The Labute approximate surface area is 248 Å². The number of ether oxygens (including phenoxy) is 1. The highest BCUT2D eigenvalue weighted by Crippen LogP contribution is 2.28. The predicted octanol–water partition coefficient (Wildman–Crippen LogP) is 8.62. The van der Waals surface area contributed by atoms with Crippen LogP contribution >= 0.6 is 0 Å². The van der Waals surface area contributed by atoms with Crippen molar-refractivity contribution in [1.29, 1.82) is 0 Å². The molecule has 0 atom stereocenters. The summed E-state index contributed by atoms with van der Waals surface area (Å²) >= 11 is 0. The molecule has 0 saturated carbocycles. The van der Waals surface area contributed by atoms with E-state index in [1.54, 1.807) is 0 Å². The Hall–Kier alpha value is -3.41. The molecule has 5 heteroatoms. The number of amides is 1. The van der Waals surface area contributed by atoms with E-state index in [4.69, 9.17) is 9.84 Å². The summed E-state index contributed by atoms with van der Waals surface area (Å²) in [7, 11) is 0. The van der Waals surface area contributed by atoms with Crippen LogP contribution in [0.2, 0.25) is 0 Å². The van der Waals surface area contributed by atoms with E-state index in [2.05, 4.69) is 89.0 Å². The number of aromatic nitrogens is 1. The maximum Gasteiger partial charge on any atom is 0.407 e. The van der Waals surface area contributed by atoms with Gasteiger partial charge in [-0.3, -0.25) is 0 Å². The Balaban J connectivity index is 0.000000298. The lowest BCUT2D eigenvalue weighted by molar-refractivity contribution is 0.152. The minimum Gasteiger partial charge on any atom is -0.450 e. The maximum absolute atomic E-state index is 11.0. The third-order valence-corrected chi connectivity index (χ3v) is 6.94. The van der Waals surface area contributed by atoms with Crippen LogP contribution in [0.3, 0.4) is 0 Å². The molecule has 0 aliphatic rings. The number of nitrogens with one attached hydrogen (secondary N) is 1. The number of hydrogen-bond acceptors (Lipinski definition) is 3. The van der Waals surface area contributed by atoms with Gasteiger partial charge in [0.2, 0.25) is 0 Å². The number of fused-ring (bicyclic) bond motifs is 3. The first-order chi connectivity index (χ1) is 20.2. The van der Waals surface area contributed by atoms with Crippen molar-refractivity contribution in [1.82, 2.24) is 9.88 Å². The van der Waals surface area contributed by atoms with Gasteiger partial charge >= 0.3 is 6.09 Å². The Morgan fingerprint density at radius 2 is 1.32 bits per heavy atom. The van der Waals surface area contributed by atoms with Gasteiger partial charge in [0.25, 0.3) is 0 Å². The number of hydrogen-bond donors (Lipinski definition) is 2. The van der Waals surface area contributed by atoms with E-state index in [1.807, 2.05) is 6.92 Å². The predicted molar refractivity (Wildman–Crippen MR) is 173 cm³/mol. The molecule has 0 saturated heterocycles. The molecule has 0 fully saturated rings. The molecule has 2 N–H and O–H groups in total. The first kappa shape index (κ1) is 33.8. The van der Waals surface area contributed by atoms with Crippen molar-refractivity contribution in [2.24, 2.45) is 0 Å². The zero-order valence-electron chi connectivity index (χ0n) is 25.4. The summed E-state index contributed by atoms with van der Waals surface area (Å²) in [6.45, 7) is 6.14. The van der Waals surface area contributed by atoms with Crippen LogP contribution in [0.25, 0.3) is 21.8 Å². The summed E-state index contributed by atoms with van der Waals surface area (Å²) in [6.07, 6.45) is 15.4. The standard InChI is InChI=1S/C21H19NO.C15H31NO2/c23-17-11-5-3-1-2-4-10-16-22-20-14-8-6-12-18(20)19-13-7-9-15-21(19)22;1-3-5-6-7-8-9-10-11-12-13-14-16-15(17)18-4-2/h6-9,12-15,23H,3,5,11,16-17H2;3-14H2,1-2H3,(H,16,17). The zero-order valence-corrected chi connectivity index (χ0v) is 25.4. The molecule has 1 heterocycles. The minimum absolute atomic E-state index is 0.237. The zero-order chi connectivity index (χ0) is 29.4. The lowest BCUT2D eigenvalue weighted by Crippen LogP contribution is -2.25. The number of rotatable bonds is 16. The van der Waals surface area contributed by atoms with Crippen molar-refractivity contribution in [3.05, 3.63) is 48.5 Å². The number of alkyl carbamates (subject to hydrolysis) is 1. The van der Waals surface area contributed by atoms with Gasteiger partial charge in [0, 0.05) is 41.4 Å². The minimum atomic E-state index is -0.284. The highest BCUT2D eigenvalue weighted by Gasteiger charge is 2.07. The Kier molecular flexibility index (Phi) is 18.4. The molecule has 0 unspecified atom stereocenters. The van der Waals surface area contributed by atoms with Crippen LogP contribution in [0, 0.1) is 23.7 Å². The second-order valence-corrected chi connectivity index (χ2v) is 10.2. The van der Waals surface area contributed by atoms with E-state index in [0.717, 1.165) is 32.2 Å². The van der Waals surface area contributed by atoms with Crippen molar-refractivity contribution in [3.63, 3.8) is 0 Å². The summed E-state index contributed by atoms with van der Waals surface area (Å²) in [6, 6.07) is 16.9. The van der Waals surface area contributed by atoms with Crippen molar-refractivity contribution >= 4 is 27.9 Å². The van der Waals surface area contributed by atoms with Crippen LogP contribution in [0.5, 0.6) is 0 Å². The molecular weight excluding hydrogens is 508 g/mol. The van der Waals surface area contributed by atoms with Crippen molar-refractivity contribution in [3.8, 4) is 23.7 Å². The van der Waals surface area contributed by atoms with Crippen LogP contribution in [-0.2, 0) is 11.3 Å². The number of unbranched alkanes of at least 4 members (excludes halogenated alkanes) is 11. The fourth-order valence-corrected chi connectivity index (χ4v) is 4.75. The van der Waals surface area contributed by atoms with Crippen molar-refractivity contribution < 1.29 is 14.6 Å². The number of aliphatic hydroxyl groups excluding tert-OH is 1. The quantitative estimate of drug-likeness (QED) is 0.137. The lowest BCUT2D eigenvalue weighted by Gasteiger charge is -2.05.